The Morgan fingerprint density at radius 2 is 2.31 bits per heavy atom. The molecule has 1 unspecified atom stereocenters. The molecule has 1 aromatic rings. The summed E-state index contributed by atoms with van der Waals surface area (Å²) in [5, 5.41) is 0. The second-order valence-corrected chi connectivity index (χ2v) is 4.33. The van der Waals surface area contributed by atoms with Crippen LogP contribution in [0.15, 0.2) is 22.7 Å². The SMILES string of the molecule is CCOCC(Cc1ccc(F)c(Br)c1)NN. The van der Waals surface area contributed by atoms with E-state index in [0.717, 1.165) is 5.56 Å². The summed E-state index contributed by atoms with van der Waals surface area (Å²) in [6.07, 6.45) is 0.704. The average molecular weight is 291 g/mol. The van der Waals surface area contributed by atoms with Gasteiger partial charge >= 0.3 is 0 Å². The number of rotatable bonds is 6. The van der Waals surface area contributed by atoms with E-state index in [1.165, 1.54) is 6.07 Å². The van der Waals surface area contributed by atoms with Gasteiger partial charge in [-0.25, -0.2) is 4.39 Å². The summed E-state index contributed by atoms with van der Waals surface area (Å²) in [5.41, 5.74) is 3.70. The molecule has 0 radical (unpaired) electrons. The predicted octanol–water partition coefficient (Wildman–Crippen LogP) is 2.00. The molecular formula is C11H16BrFN2O. The summed E-state index contributed by atoms with van der Waals surface area (Å²) in [6, 6.07) is 4.98. The van der Waals surface area contributed by atoms with E-state index in [-0.39, 0.29) is 11.9 Å². The van der Waals surface area contributed by atoms with Crippen LogP contribution in [0, 0.1) is 5.82 Å². The summed E-state index contributed by atoms with van der Waals surface area (Å²) < 4.78 is 18.8. The van der Waals surface area contributed by atoms with Gasteiger partial charge in [0.1, 0.15) is 5.82 Å². The van der Waals surface area contributed by atoms with Crippen molar-refractivity contribution in [3.05, 3.63) is 34.1 Å². The Morgan fingerprint density at radius 3 is 2.88 bits per heavy atom. The van der Waals surface area contributed by atoms with E-state index >= 15 is 0 Å². The average Bonchev–Trinajstić information content (AvgIpc) is 2.29. The first kappa shape index (κ1) is 13.6. The van der Waals surface area contributed by atoms with Crippen molar-refractivity contribution in [1.29, 1.82) is 0 Å². The van der Waals surface area contributed by atoms with Gasteiger partial charge in [0.25, 0.3) is 0 Å². The molecular weight excluding hydrogens is 275 g/mol. The number of nitrogens with one attached hydrogen (secondary N) is 1. The fourth-order valence-corrected chi connectivity index (χ4v) is 1.80. The van der Waals surface area contributed by atoms with Crippen molar-refractivity contribution in [2.75, 3.05) is 13.2 Å². The van der Waals surface area contributed by atoms with Crippen LogP contribution in [-0.4, -0.2) is 19.3 Å². The lowest BCUT2D eigenvalue weighted by Crippen LogP contribution is -2.40. The molecule has 0 aliphatic carbocycles. The van der Waals surface area contributed by atoms with Gasteiger partial charge in [-0.2, -0.15) is 0 Å². The van der Waals surface area contributed by atoms with Gasteiger partial charge < -0.3 is 4.74 Å². The van der Waals surface area contributed by atoms with Crippen molar-refractivity contribution >= 4 is 15.9 Å². The minimum absolute atomic E-state index is 0.0392. The van der Waals surface area contributed by atoms with Crippen LogP contribution in [-0.2, 0) is 11.2 Å². The first-order valence-electron chi connectivity index (χ1n) is 5.15. The summed E-state index contributed by atoms with van der Waals surface area (Å²) in [4.78, 5) is 0. The lowest BCUT2D eigenvalue weighted by molar-refractivity contribution is 0.123. The van der Waals surface area contributed by atoms with E-state index < -0.39 is 0 Å². The maximum atomic E-state index is 13.0. The summed E-state index contributed by atoms with van der Waals surface area (Å²) in [7, 11) is 0. The molecule has 3 N–H and O–H groups in total. The summed E-state index contributed by atoms with van der Waals surface area (Å²) >= 11 is 3.15. The summed E-state index contributed by atoms with van der Waals surface area (Å²) in [5.74, 6) is 5.16. The van der Waals surface area contributed by atoms with Crippen LogP contribution in [0.5, 0.6) is 0 Å². The maximum absolute atomic E-state index is 13.0. The van der Waals surface area contributed by atoms with Crippen LogP contribution in [0.25, 0.3) is 0 Å². The second kappa shape index (κ2) is 6.96. The zero-order chi connectivity index (χ0) is 12.0. The van der Waals surface area contributed by atoms with Gasteiger partial charge in [-0.05, 0) is 47.0 Å². The minimum atomic E-state index is -0.259. The lowest BCUT2D eigenvalue weighted by atomic mass is 10.1. The topological polar surface area (TPSA) is 47.3 Å². The van der Waals surface area contributed by atoms with Crippen molar-refractivity contribution in [3.63, 3.8) is 0 Å². The van der Waals surface area contributed by atoms with Crippen LogP contribution in [0.1, 0.15) is 12.5 Å². The van der Waals surface area contributed by atoms with Crippen molar-refractivity contribution in [2.24, 2.45) is 5.84 Å². The standard InChI is InChI=1S/C11H16BrFN2O/c1-2-16-7-9(15-14)5-8-3-4-11(13)10(12)6-8/h3-4,6,9,15H,2,5,7,14H2,1H3. The molecule has 0 aliphatic heterocycles. The Balaban J connectivity index is 2.59. The minimum Gasteiger partial charge on any atom is -0.380 e. The van der Waals surface area contributed by atoms with Crippen LogP contribution >= 0.6 is 15.9 Å². The van der Waals surface area contributed by atoms with E-state index in [4.69, 9.17) is 10.6 Å². The van der Waals surface area contributed by atoms with Gasteiger partial charge in [-0.15, -0.1) is 0 Å². The van der Waals surface area contributed by atoms with Crippen molar-refractivity contribution in [3.8, 4) is 0 Å². The quantitative estimate of drug-likeness (QED) is 0.622. The summed E-state index contributed by atoms with van der Waals surface area (Å²) in [6.45, 7) is 3.13. The fourth-order valence-electron chi connectivity index (χ4n) is 1.38. The molecule has 1 rings (SSSR count). The van der Waals surface area contributed by atoms with E-state index in [0.29, 0.717) is 24.1 Å². The Morgan fingerprint density at radius 1 is 1.56 bits per heavy atom. The molecule has 0 heterocycles. The first-order valence-corrected chi connectivity index (χ1v) is 5.94. The van der Waals surface area contributed by atoms with Gasteiger partial charge in [0.2, 0.25) is 0 Å². The van der Waals surface area contributed by atoms with E-state index in [1.807, 2.05) is 6.92 Å². The highest BCUT2D eigenvalue weighted by molar-refractivity contribution is 9.10. The molecule has 0 saturated carbocycles. The molecule has 90 valence electrons. The molecule has 3 nitrogen and oxygen atoms in total. The van der Waals surface area contributed by atoms with Crippen LogP contribution < -0.4 is 11.3 Å². The van der Waals surface area contributed by atoms with E-state index in [1.54, 1.807) is 12.1 Å². The van der Waals surface area contributed by atoms with Crippen LogP contribution in [0.4, 0.5) is 4.39 Å². The number of hydrogen-bond donors (Lipinski definition) is 2. The van der Waals surface area contributed by atoms with E-state index in [9.17, 15) is 4.39 Å². The molecule has 0 aliphatic rings. The van der Waals surface area contributed by atoms with E-state index in [2.05, 4.69) is 21.4 Å². The largest absolute Gasteiger partial charge is 0.380 e. The highest BCUT2D eigenvalue weighted by atomic mass is 79.9. The molecule has 0 saturated heterocycles. The Hall–Kier alpha value is -0.490. The highest BCUT2D eigenvalue weighted by Crippen LogP contribution is 2.17. The fraction of sp³-hybridized carbons (Fsp3) is 0.455. The number of halogens is 2. The van der Waals surface area contributed by atoms with Gasteiger partial charge in [0.15, 0.2) is 0 Å². The number of hydrogen-bond acceptors (Lipinski definition) is 3. The molecule has 16 heavy (non-hydrogen) atoms. The smallest absolute Gasteiger partial charge is 0.137 e. The Bertz CT molecular complexity index is 336. The van der Waals surface area contributed by atoms with Gasteiger partial charge in [0.05, 0.1) is 11.1 Å². The van der Waals surface area contributed by atoms with Crippen molar-refractivity contribution in [1.82, 2.24) is 5.43 Å². The predicted molar refractivity (Wildman–Crippen MR) is 65.4 cm³/mol. The molecule has 0 amide bonds. The number of nitrogens with two attached hydrogens (primary N) is 1. The normalized spacial score (nSPS) is 12.8. The lowest BCUT2D eigenvalue weighted by Gasteiger charge is -2.15. The molecule has 0 fully saturated rings. The first-order chi connectivity index (χ1) is 7.67. The monoisotopic (exact) mass is 290 g/mol. The van der Waals surface area contributed by atoms with Crippen LogP contribution in [0.2, 0.25) is 0 Å². The Labute approximate surface area is 103 Å². The molecule has 1 atom stereocenters. The second-order valence-electron chi connectivity index (χ2n) is 3.48. The Kier molecular flexibility index (Phi) is 5.90. The third-order valence-corrected chi connectivity index (χ3v) is 2.83. The zero-order valence-corrected chi connectivity index (χ0v) is 10.8. The molecule has 0 aromatic heterocycles. The number of hydrazine groups is 1. The molecule has 5 heteroatoms. The third-order valence-electron chi connectivity index (χ3n) is 2.22. The highest BCUT2D eigenvalue weighted by Gasteiger charge is 2.09. The maximum Gasteiger partial charge on any atom is 0.137 e. The zero-order valence-electron chi connectivity index (χ0n) is 9.17. The number of benzene rings is 1. The molecule has 0 spiro atoms. The van der Waals surface area contributed by atoms with Gasteiger partial charge in [-0.3, -0.25) is 11.3 Å². The molecule has 1 aromatic carbocycles. The van der Waals surface area contributed by atoms with Crippen molar-refractivity contribution in [2.45, 2.75) is 19.4 Å². The number of ether oxygens (including phenoxy) is 1. The van der Waals surface area contributed by atoms with Gasteiger partial charge in [-0.1, -0.05) is 6.07 Å². The van der Waals surface area contributed by atoms with Crippen LogP contribution in [0.3, 0.4) is 0 Å². The molecule has 0 bridgehead atoms. The van der Waals surface area contributed by atoms with Crippen molar-refractivity contribution < 1.29 is 9.13 Å². The van der Waals surface area contributed by atoms with Gasteiger partial charge in [0, 0.05) is 12.6 Å². The third kappa shape index (κ3) is 4.17.